The van der Waals surface area contributed by atoms with Gasteiger partial charge in [0.25, 0.3) is 0 Å². The maximum atomic E-state index is 5.46. The Morgan fingerprint density at radius 1 is 1.33 bits per heavy atom. The van der Waals surface area contributed by atoms with Gasteiger partial charge < -0.3 is 15.0 Å². The fraction of sp³-hybridized carbons (Fsp3) is 0.600. The van der Waals surface area contributed by atoms with Gasteiger partial charge in [-0.1, -0.05) is 6.07 Å². The van der Waals surface area contributed by atoms with Gasteiger partial charge >= 0.3 is 0 Å². The Morgan fingerprint density at radius 2 is 2.06 bits per heavy atom. The van der Waals surface area contributed by atoms with Gasteiger partial charge in [0, 0.05) is 13.6 Å². The largest absolute Gasteiger partial charge is 0.495 e. The molecular formula is C15H24N2O. The van der Waals surface area contributed by atoms with Crippen LogP contribution < -0.4 is 15.0 Å². The minimum absolute atomic E-state index is 0.793. The number of piperidine rings is 1. The highest BCUT2D eigenvalue weighted by molar-refractivity contribution is 5.59. The average molecular weight is 248 g/mol. The second-order valence-electron chi connectivity index (χ2n) is 5.25. The number of ether oxygens (including phenoxy) is 1. The summed E-state index contributed by atoms with van der Waals surface area (Å²) >= 11 is 0. The van der Waals surface area contributed by atoms with E-state index in [1.165, 1.54) is 24.1 Å². The lowest BCUT2D eigenvalue weighted by Gasteiger charge is -2.29. The first-order chi connectivity index (χ1) is 8.70. The van der Waals surface area contributed by atoms with E-state index in [4.69, 9.17) is 4.74 Å². The van der Waals surface area contributed by atoms with Crippen LogP contribution in [0.25, 0.3) is 0 Å². The van der Waals surface area contributed by atoms with E-state index in [2.05, 4.69) is 42.4 Å². The summed E-state index contributed by atoms with van der Waals surface area (Å²) in [6.07, 6.45) is 2.55. The Bertz CT molecular complexity index is 386. The highest BCUT2D eigenvalue weighted by Crippen LogP contribution is 2.29. The van der Waals surface area contributed by atoms with E-state index < -0.39 is 0 Å². The van der Waals surface area contributed by atoms with Crippen molar-refractivity contribution in [3.8, 4) is 5.75 Å². The summed E-state index contributed by atoms with van der Waals surface area (Å²) in [5.41, 5.74) is 2.49. The van der Waals surface area contributed by atoms with Crippen molar-refractivity contribution in [2.45, 2.75) is 19.8 Å². The summed E-state index contributed by atoms with van der Waals surface area (Å²) in [5, 5.41) is 3.42. The van der Waals surface area contributed by atoms with E-state index in [1.54, 1.807) is 7.11 Å². The fourth-order valence-electron chi connectivity index (χ4n) is 2.65. The first kappa shape index (κ1) is 13.2. The van der Waals surface area contributed by atoms with Crippen LogP contribution in [0.1, 0.15) is 18.4 Å². The molecule has 1 heterocycles. The number of hydrogen-bond acceptors (Lipinski definition) is 3. The van der Waals surface area contributed by atoms with Gasteiger partial charge in [-0.05, 0) is 56.5 Å². The number of aryl methyl sites for hydroxylation is 1. The Morgan fingerprint density at radius 3 is 2.72 bits per heavy atom. The van der Waals surface area contributed by atoms with Crippen molar-refractivity contribution in [2.24, 2.45) is 5.92 Å². The van der Waals surface area contributed by atoms with Crippen molar-refractivity contribution in [3.05, 3.63) is 23.8 Å². The maximum absolute atomic E-state index is 5.46. The van der Waals surface area contributed by atoms with Gasteiger partial charge in [0.2, 0.25) is 0 Å². The highest BCUT2D eigenvalue weighted by Gasteiger charge is 2.17. The van der Waals surface area contributed by atoms with Crippen molar-refractivity contribution in [3.63, 3.8) is 0 Å². The van der Waals surface area contributed by atoms with Crippen LogP contribution in [0.15, 0.2) is 18.2 Å². The third-order valence-corrected chi connectivity index (χ3v) is 3.74. The quantitative estimate of drug-likeness (QED) is 0.885. The molecule has 0 aromatic heterocycles. The normalized spacial score (nSPS) is 16.6. The molecule has 1 saturated heterocycles. The Labute approximate surface area is 110 Å². The number of hydrogen-bond donors (Lipinski definition) is 1. The first-order valence-electron chi connectivity index (χ1n) is 6.77. The molecule has 100 valence electrons. The molecule has 3 nitrogen and oxygen atoms in total. The lowest BCUT2D eigenvalue weighted by atomic mass is 9.97. The molecule has 0 atom stereocenters. The topological polar surface area (TPSA) is 24.5 Å². The Hall–Kier alpha value is -1.22. The van der Waals surface area contributed by atoms with Crippen LogP contribution in [0, 0.1) is 12.8 Å². The molecule has 1 fully saturated rings. The molecule has 0 unspecified atom stereocenters. The minimum atomic E-state index is 0.793. The van der Waals surface area contributed by atoms with Crippen LogP contribution in [0.5, 0.6) is 5.75 Å². The van der Waals surface area contributed by atoms with Gasteiger partial charge in [0.15, 0.2) is 0 Å². The lowest BCUT2D eigenvalue weighted by Crippen LogP contribution is -2.34. The highest BCUT2D eigenvalue weighted by atomic mass is 16.5. The van der Waals surface area contributed by atoms with Crippen molar-refractivity contribution in [2.75, 3.05) is 38.7 Å². The predicted octanol–water partition coefficient (Wildman–Crippen LogP) is 2.44. The number of rotatable bonds is 4. The summed E-state index contributed by atoms with van der Waals surface area (Å²) < 4.78 is 5.46. The number of anilines is 1. The Kier molecular flexibility index (Phi) is 4.48. The predicted molar refractivity (Wildman–Crippen MR) is 76.6 cm³/mol. The molecule has 0 bridgehead atoms. The van der Waals surface area contributed by atoms with Gasteiger partial charge in [-0.15, -0.1) is 0 Å². The van der Waals surface area contributed by atoms with E-state index in [9.17, 15) is 0 Å². The summed E-state index contributed by atoms with van der Waals surface area (Å²) in [7, 11) is 3.91. The second kappa shape index (κ2) is 6.10. The molecule has 0 amide bonds. The summed E-state index contributed by atoms with van der Waals surface area (Å²) in [4.78, 5) is 2.34. The standard InChI is InChI=1S/C15H24N2O/c1-12-4-5-15(18-3)14(10-12)17(2)11-13-6-8-16-9-7-13/h4-5,10,13,16H,6-9,11H2,1-3H3. The molecule has 1 aromatic rings. The van der Waals surface area contributed by atoms with E-state index in [0.29, 0.717) is 0 Å². The van der Waals surface area contributed by atoms with Gasteiger partial charge in [-0.25, -0.2) is 0 Å². The third kappa shape index (κ3) is 3.16. The molecule has 0 saturated carbocycles. The van der Waals surface area contributed by atoms with Gasteiger partial charge in [-0.2, -0.15) is 0 Å². The van der Waals surface area contributed by atoms with Crippen molar-refractivity contribution >= 4 is 5.69 Å². The third-order valence-electron chi connectivity index (χ3n) is 3.74. The van der Waals surface area contributed by atoms with Gasteiger partial charge in [0.1, 0.15) is 5.75 Å². The second-order valence-corrected chi connectivity index (χ2v) is 5.25. The first-order valence-corrected chi connectivity index (χ1v) is 6.77. The number of nitrogens with zero attached hydrogens (tertiary/aromatic N) is 1. The molecule has 0 radical (unpaired) electrons. The van der Waals surface area contributed by atoms with E-state index in [-0.39, 0.29) is 0 Å². The fourth-order valence-corrected chi connectivity index (χ4v) is 2.65. The average Bonchev–Trinajstić information content (AvgIpc) is 2.40. The van der Waals surface area contributed by atoms with Gasteiger partial charge in [-0.3, -0.25) is 0 Å². The number of nitrogens with one attached hydrogen (secondary N) is 1. The minimum Gasteiger partial charge on any atom is -0.495 e. The zero-order valence-electron chi connectivity index (χ0n) is 11.7. The van der Waals surface area contributed by atoms with Crippen LogP contribution in [0.3, 0.4) is 0 Å². The number of methoxy groups -OCH3 is 1. The van der Waals surface area contributed by atoms with E-state index in [1.807, 2.05) is 0 Å². The molecule has 1 aromatic carbocycles. The van der Waals surface area contributed by atoms with Crippen LogP contribution in [-0.4, -0.2) is 33.8 Å². The molecule has 18 heavy (non-hydrogen) atoms. The molecule has 1 N–H and O–H groups in total. The monoisotopic (exact) mass is 248 g/mol. The lowest BCUT2D eigenvalue weighted by molar-refractivity contribution is 0.375. The molecule has 0 aliphatic carbocycles. The number of benzene rings is 1. The molecule has 2 rings (SSSR count). The zero-order chi connectivity index (χ0) is 13.0. The van der Waals surface area contributed by atoms with Crippen LogP contribution in [-0.2, 0) is 0 Å². The molecule has 1 aliphatic rings. The van der Waals surface area contributed by atoms with Crippen LogP contribution >= 0.6 is 0 Å². The summed E-state index contributed by atoms with van der Waals surface area (Å²) in [6.45, 7) is 5.55. The molecule has 3 heteroatoms. The van der Waals surface area contributed by atoms with Crippen LogP contribution in [0.4, 0.5) is 5.69 Å². The molecule has 1 aliphatic heterocycles. The van der Waals surface area contributed by atoms with Crippen LogP contribution in [0.2, 0.25) is 0 Å². The van der Waals surface area contributed by atoms with E-state index >= 15 is 0 Å². The summed E-state index contributed by atoms with van der Waals surface area (Å²) in [6, 6.07) is 6.37. The van der Waals surface area contributed by atoms with Crippen molar-refractivity contribution in [1.82, 2.24) is 5.32 Å². The molecule has 0 spiro atoms. The van der Waals surface area contributed by atoms with E-state index in [0.717, 1.165) is 31.3 Å². The zero-order valence-corrected chi connectivity index (χ0v) is 11.7. The van der Waals surface area contributed by atoms with Gasteiger partial charge in [0.05, 0.1) is 12.8 Å². The smallest absolute Gasteiger partial charge is 0.142 e. The van der Waals surface area contributed by atoms with Crippen molar-refractivity contribution in [1.29, 1.82) is 0 Å². The SMILES string of the molecule is COc1ccc(C)cc1N(C)CC1CCNCC1. The maximum Gasteiger partial charge on any atom is 0.142 e. The molecular weight excluding hydrogens is 224 g/mol. The van der Waals surface area contributed by atoms with Crippen molar-refractivity contribution < 1.29 is 4.74 Å². The summed E-state index contributed by atoms with van der Waals surface area (Å²) in [5.74, 6) is 1.76. The Balaban J connectivity index is 2.07.